The predicted octanol–water partition coefficient (Wildman–Crippen LogP) is 4.43. The van der Waals surface area contributed by atoms with E-state index in [2.05, 4.69) is 10.6 Å². The van der Waals surface area contributed by atoms with Crippen LogP contribution in [0.5, 0.6) is 11.5 Å². The number of hydrogen-bond acceptors (Lipinski definition) is 4. The Balaban J connectivity index is 2.06. The van der Waals surface area contributed by atoms with Crippen LogP contribution in [0.3, 0.4) is 0 Å². The average molecular weight is 389 g/mol. The first kappa shape index (κ1) is 19.7. The second-order valence-electron chi connectivity index (χ2n) is 5.16. The third kappa shape index (κ3) is 4.95. The number of hydrogen-bond donors (Lipinski definition) is 2. The van der Waals surface area contributed by atoms with Gasteiger partial charge in [-0.2, -0.15) is 13.2 Å². The molecule has 0 aliphatic carbocycles. The summed E-state index contributed by atoms with van der Waals surface area (Å²) >= 11 is 5.61. The first-order valence-electron chi connectivity index (χ1n) is 7.37. The number of alkyl halides is 3. The van der Waals surface area contributed by atoms with Crippen molar-refractivity contribution in [3.05, 3.63) is 47.0 Å². The van der Waals surface area contributed by atoms with Crippen molar-refractivity contribution >= 4 is 28.9 Å². The molecule has 0 aliphatic heterocycles. The second kappa shape index (κ2) is 8.18. The zero-order valence-electron chi connectivity index (χ0n) is 13.9. The van der Waals surface area contributed by atoms with Crippen molar-refractivity contribution < 1.29 is 27.4 Å². The van der Waals surface area contributed by atoms with Crippen LogP contribution in [0.15, 0.2) is 36.4 Å². The Labute approximate surface area is 153 Å². The van der Waals surface area contributed by atoms with Crippen molar-refractivity contribution in [3.8, 4) is 11.5 Å². The van der Waals surface area contributed by atoms with E-state index in [-0.39, 0.29) is 17.3 Å². The Kier molecular flexibility index (Phi) is 6.20. The van der Waals surface area contributed by atoms with Gasteiger partial charge in [-0.15, -0.1) is 0 Å². The predicted molar refractivity (Wildman–Crippen MR) is 93.1 cm³/mol. The fourth-order valence-corrected chi connectivity index (χ4v) is 2.36. The van der Waals surface area contributed by atoms with Crippen LogP contribution < -0.4 is 20.1 Å². The quantitative estimate of drug-likeness (QED) is 0.768. The maximum absolute atomic E-state index is 13.0. The molecule has 0 fully saturated rings. The van der Waals surface area contributed by atoms with Gasteiger partial charge in [0, 0.05) is 16.8 Å². The molecule has 0 atom stereocenters. The van der Waals surface area contributed by atoms with Gasteiger partial charge in [0.2, 0.25) is 5.91 Å². The molecule has 0 bridgehead atoms. The van der Waals surface area contributed by atoms with Crippen LogP contribution in [-0.4, -0.2) is 26.7 Å². The monoisotopic (exact) mass is 388 g/mol. The zero-order valence-corrected chi connectivity index (χ0v) is 14.7. The molecule has 0 aromatic heterocycles. The first-order chi connectivity index (χ1) is 12.2. The third-order valence-corrected chi connectivity index (χ3v) is 3.63. The van der Waals surface area contributed by atoms with Gasteiger partial charge in [-0.3, -0.25) is 4.79 Å². The molecule has 0 saturated carbocycles. The van der Waals surface area contributed by atoms with Crippen LogP contribution in [0.2, 0.25) is 5.02 Å². The van der Waals surface area contributed by atoms with Crippen LogP contribution in [-0.2, 0) is 11.0 Å². The van der Waals surface area contributed by atoms with Gasteiger partial charge in [0.25, 0.3) is 0 Å². The zero-order chi connectivity index (χ0) is 19.3. The third-order valence-electron chi connectivity index (χ3n) is 3.40. The smallest absolute Gasteiger partial charge is 0.418 e. The van der Waals surface area contributed by atoms with Crippen molar-refractivity contribution in [3.63, 3.8) is 0 Å². The van der Waals surface area contributed by atoms with Gasteiger partial charge < -0.3 is 20.1 Å². The summed E-state index contributed by atoms with van der Waals surface area (Å²) in [6, 6.07) is 8.04. The van der Waals surface area contributed by atoms with Gasteiger partial charge in [0.1, 0.15) is 0 Å². The Bertz CT molecular complexity index is 797. The summed E-state index contributed by atoms with van der Waals surface area (Å²) in [6.45, 7) is -0.241. The van der Waals surface area contributed by atoms with Crippen molar-refractivity contribution in [2.45, 2.75) is 6.18 Å². The van der Waals surface area contributed by atoms with Crippen molar-refractivity contribution in [1.29, 1.82) is 0 Å². The summed E-state index contributed by atoms with van der Waals surface area (Å²) in [5.74, 6) is 0.320. The van der Waals surface area contributed by atoms with Crippen LogP contribution in [0, 0.1) is 0 Å². The van der Waals surface area contributed by atoms with E-state index in [9.17, 15) is 18.0 Å². The summed E-state index contributed by atoms with van der Waals surface area (Å²) in [5, 5.41) is 4.96. The maximum Gasteiger partial charge on any atom is 0.418 e. The Hall–Kier alpha value is -2.61. The van der Waals surface area contributed by atoms with E-state index in [0.29, 0.717) is 17.2 Å². The molecule has 5 nitrogen and oxygen atoms in total. The minimum absolute atomic E-state index is 0.0706. The Morgan fingerprint density at radius 2 is 1.77 bits per heavy atom. The highest BCUT2D eigenvalue weighted by Gasteiger charge is 2.34. The van der Waals surface area contributed by atoms with E-state index < -0.39 is 17.6 Å². The highest BCUT2D eigenvalue weighted by atomic mass is 35.5. The van der Waals surface area contributed by atoms with E-state index in [1.54, 1.807) is 18.2 Å². The molecule has 2 aromatic rings. The fraction of sp³-hybridized carbons (Fsp3) is 0.235. The fourth-order valence-electron chi connectivity index (χ4n) is 2.18. The van der Waals surface area contributed by atoms with E-state index in [4.69, 9.17) is 21.1 Å². The van der Waals surface area contributed by atoms with Gasteiger partial charge in [-0.05, 0) is 30.3 Å². The van der Waals surface area contributed by atoms with E-state index in [1.165, 1.54) is 20.3 Å². The summed E-state index contributed by atoms with van der Waals surface area (Å²) in [6.07, 6.45) is -4.63. The lowest BCUT2D eigenvalue weighted by Crippen LogP contribution is -2.23. The van der Waals surface area contributed by atoms with E-state index in [1.807, 2.05) is 0 Å². The van der Waals surface area contributed by atoms with Crippen LogP contribution >= 0.6 is 11.6 Å². The van der Waals surface area contributed by atoms with Gasteiger partial charge in [0.15, 0.2) is 11.5 Å². The molecule has 2 rings (SSSR count). The highest BCUT2D eigenvalue weighted by molar-refractivity contribution is 6.30. The van der Waals surface area contributed by atoms with Gasteiger partial charge in [0.05, 0.1) is 32.0 Å². The Morgan fingerprint density at radius 3 is 2.38 bits per heavy atom. The lowest BCUT2D eigenvalue weighted by molar-refractivity contribution is -0.137. The summed E-state index contributed by atoms with van der Waals surface area (Å²) in [4.78, 5) is 12.0. The minimum atomic E-state index is -4.63. The number of rotatable bonds is 6. The van der Waals surface area contributed by atoms with Crippen LogP contribution in [0.1, 0.15) is 5.56 Å². The standard InChI is InChI=1S/C17H16ClF3N2O3/c1-25-14-6-4-11(8-15(14)26-2)22-9-16(24)23-13-5-3-10(18)7-12(13)17(19,20)21/h3-8,22H,9H2,1-2H3,(H,23,24). The number of amides is 1. The summed E-state index contributed by atoms with van der Waals surface area (Å²) < 4.78 is 49.3. The summed E-state index contributed by atoms with van der Waals surface area (Å²) in [7, 11) is 2.95. The Morgan fingerprint density at radius 1 is 1.08 bits per heavy atom. The SMILES string of the molecule is COc1ccc(NCC(=O)Nc2ccc(Cl)cc2C(F)(F)F)cc1OC. The van der Waals surface area contributed by atoms with Crippen LogP contribution in [0.25, 0.3) is 0 Å². The lowest BCUT2D eigenvalue weighted by Gasteiger charge is -2.15. The minimum Gasteiger partial charge on any atom is -0.493 e. The summed E-state index contributed by atoms with van der Waals surface area (Å²) in [5.41, 5.74) is -0.824. The molecule has 9 heteroatoms. The number of carbonyl (C=O) groups is 1. The largest absolute Gasteiger partial charge is 0.493 e. The molecule has 2 aromatic carbocycles. The molecule has 0 spiro atoms. The van der Waals surface area contributed by atoms with Gasteiger partial charge in [-0.25, -0.2) is 0 Å². The van der Waals surface area contributed by atoms with Crippen molar-refractivity contribution in [2.75, 3.05) is 31.4 Å². The van der Waals surface area contributed by atoms with Crippen LogP contribution in [0.4, 0.5) is 24.5 Å². The number of halogens is 4. The van der Waals surface area contributed by atoms with Gasteiger partial charge in [-0.1, -0.05) is 11.6 Å². The van der Waals surface area contributed by atoms with Crippen molar-refractivity contribution in [1.82, 2.24) is 0 Å². The number of nitrogens with one attached hydrogen (secondary N) is 2. The molecule has 1 amide bonds. The van der Waals surface area contributed by atoms with Crippen molar-refractivity contribution in [2.24, 2.45) is 0 Å². The maximum atomic E-state index is 13.0. The molecule has 0 heterocycles. The molecule has 0 radical (unpaired) electrons. The molecule has 0 unspecified atom stereocenters. The topological polar surface area (TPSA) is 59.6 Å². The second-order valence-corrected chi connectivity index (χ2v) is 5.60. The van der Waals surface area contributed by atoms with E-state index in [0.717, 1.165) is 12.1 Å². The first-order valence-corrected chi connectivity index (χ1v) is 7.75. The molecule has 140 valence electrons. The number of methoxy groups -OCH3 is 2. The molecule has 26 heavy (non-hydrogen) atoms. The number of ether oxygens (including phenoxy) is 2. The normalized spacial score (nSPS) is 11.0. The number of benzene rings is 2. The van der Waals surface area contributed by atoms with Gasteiger partial charge >= 0.3 is 6.18 Å². The number of anilines is 2. The molecule has 0 saturated heterocycles. The molecular formula is C17H16ClF3N2O3. The highest BCUT2D eigenvalue weighted by Crippen LogP contribution is 2.36. The number of carbonyl (C=O) groups excluding carboxylic acids is 1. The molecular weight excluding hydrogens is 373 g/mol. The average Bonchev–Trinajstić information content (AvgIpc) is 2.60. The molecule has 0 aliphatic rings. The van der Waals surface area contributed by atoms with E-state index >= 15 is 0 Å². The molecule has 2 N–H and O–H groups in total. The lowest BCUT2D eigenvalue weighted by atomic mass is 10.1.